The predicted octanol–water partition coefficient (Wildman–Crippen LogP) is 3.19. The Bertz CT molecular complexity index is 637. The molecule has 24 heavy (non-hydrogen) atoms. The lowest BCUT2D eigenvalue weighted by atomic mass is 10.2. The molecular weight excluding hydrogens is 306 g/mol. The van der Waals surface area contributed by atoms with E-state index in [0.717, 1.165) is 11.3 Å². The van der Waals surface area contributed by atoms with Gasteiger partial charge in [-0.1, -0.05) is 18.2 Å². The van der Waals surface area contributed by atoms with Gasteiger partial charge in [0.25, 0.3) is 0 Å². The Morgan fingerprint density at radius 3 is 2.79 bits per heavy atom. The number of rotatable bonds is 9. The number of aliphatic hydroxyl groups excluding tert-OH is 1. The molecule has 0 saturated carbocycles. The van der Waals surface area contributed by atoms with Crippen LogP contribution < -0.4 is 9.47 Å². The van der Waals surface area contributed by atoms with Crippen LogP contribution in [0.15, 0.2) is 47.1 Å². The van der Waals surface area contributed by atoms with Crippen LogP contribution in [0.4, 0.5) is 0 Å². The third kappa shape index (κ3) is 5.44. The molecule has 2 rings (SSSR count). The van der Waals surface area contributed by atoms with Crippen molar-refractivity contribution in [3.05, 3.63) is 54.0 Å². The third-order valence-electron chi connectivity index (χ3n) is 3.51. The molecule has 5 nitrogen and oxygen atoms in total. The number of hydrogen-bond acceptors (Lipinski definition) is 5. The molecule has 1 N–H and O–H groups in total. The van der Waals surface area contributed by atoms with Crippen LogP contribution in [0.1, 0.15) is 18.2 Å². The standard InChI is InChI=1S/C19H25NO4/c1-4-6-15-8-9-18(19(11-15)22-3)24-14-16(21)12-20(2)13-17-7-5-10-23-17/h4-11,16,21H,12-14H2,1-3H3/b6-4+. The highest BCUT2D eigenvalue weighted by Crippen LogP contribution is 2.28. The molecule has 0 radical (unpaired) electrons. The van der Waals surface area contributed by atoms with Crippen LogP contribution >= 0.6 is 0 Å². The van der Waals surface area contributed by atoms with Crippen LogP contribution in [-0.2, 0) is 6.54 Å². The van der Waals surface area contributed by atoms with Gasteiger partial charge in [-0.15, -0.1) is 0 Å². The molecule has 1 atom stereocenters. The second-order valence-electron chi connectivity index (χ2n) is 5.65. The number of aliphatic hydroxyl groups is 1. The minimum atomic E-state index is -0.607. The minimum absolute atomic E-state index is 0.196. The second kappa shape index (κ2) is 9.15. The number of nitrogens with zero attached hydrogens (tertiary/aromatic N) is 1. The molecule has 0 amide bonds. The number of hydrogen-bond donors (Lipinski definition) is 1. The van der Waals surface area contributed by atoms with Crippen LogP contribution in [0.5, 0.6) is 11.5 Å². The first-order chi connectivity index (χ1) is 11.6. The highest BCUT2D eigenvalue weighted by molar-refractivity contribution is 5.55. The molecule has 5 heteroatoms. The first kappa shape index (κ1) is 18.1. The van der Waals surface area contributed by atoms with Crippen LogP contribution in [0.3, 0.4) is 0 Å². The molecule has 1 unspecified atom stereocenters. The molecule has 0 aliphatic rings. The summed E-state index contributed by atoms with van der Waals surface area (Å²) in [5.41, 5.74) is 1.04. The van der Waals surface area contributed by atoms with Gasteiger partial charge in [-0.2, -0.15) is 0 Å². The Balaban J connectivity index is 1.85. The van der Waals surface area contributed by atoms with Crippen molar-refractivity contribution in [2.24, 2.45) is 0 Å². The quantitative estimate of drug-likeness (QED) is 0.765. The summed E-state index contributed by atoms with van der Waals surface area (Å²) in [4.78, 5) is 1.99. The van der Waals surface area contributed by atoms with Gasteiger partial charge < -0.3 is 19.0 Å². The number of likely N-dealkylation sites (N-methyl/N-ethyl adjacent to an activating group) is 1. The number of furan rings is 1. The van der Waals surface area contributed by atoms with Crippen molar-refractivity contribution in [3.63, 3.8) is 0 Å². The smallest absolute Gasteiger partial charge is 0.161 e. The lowest BCUT2D eigenvalue weighted by Gasteiger charge is -2.20. The van der Waals surface area contributed by atoms with Gasteiger partial charge in [-0.25, -0.2) is 0 Å². The number of benzene rings is 1. The van der Waals surface area contributed by atoms with Crippen LogP contribution in [0.25, 0.3) is 6.08 Å². The van der Waals surface area contributed by atoms with Crippen molar-refractivity contribution in [1.29, 1.82) is 0 Å². The monoisotopic (exact) mass is 331 g/mol. The largest absolute Gasteiger partial charge is 0.493 e. The topological polar surface area (TPSA) is 55.1 Å². The van der Waals surface area contributed by atoms with Crippen molar-refractivity contribution >= 4 is 6.08 Å². The van der Waals surface area contributed by atoms with Crippen molar-refractivity contribution in [2.75, 3.05) is 27.3 Å². The summed E-state index contributed by atoms with van der Waals surface area (Å²) in [7, 11) is 3.54. The van der Waals surface area contributed by atoms with Crippen molar-refractivity contribution < 1.29 is 19.0 Å². The Morgan fingerprint density at radius 1 is 1.29 bits per heavy atom. The summed E-state index contributed by atoms with van der Waals surface area (Å²) in [5.74, 6) is 2.15. The minimum Gasteiger partial charge on any atom is -0.493 e. The van der Waals surface area contributed by atoms with Gasteiger partial charge in [-0.05, 0) is 43.8 Å². The molecule has 1 heterocycles. The highest BCUT2D eigenvalue weighted by Gasteiger charge is 2.12. The second-order valence-corrected chi connectivity index (χ2v) is 5.65. The molecule has 0 saturated heterocycles. The fourth-order valence-corrected chi connectivity index (χ4v) is 2.43. The van der Waals surface area contributed by atoms with E-state index >= 15 is 0 Å². The first-order valence-corrected chi connectivity index (χ1v) is 7.95. The highest BCUT2D eigenvalue weighted by atomic mass is 16.5. The number of allylic oxidation sites excluding steroid dienone is 1. The fraction of sp³-hybridized carbons (Fsp3) is 0.368. The molecule has 0 bridgehead atoms. The van der Waals surface area contributed by atoms with Crippen molar-refractivity contribution in [2.45, 2.75) is 19.6 Å². The fourth-order valence-electron chi connectivity index (χ4n) is 2.43. The lowest BCUT2D eigenvalue weighted by molar-refractivity contribution is 0.0714. The van der Waals surface area contributed by atoms with E-state index < -0.39 is 6.10 Å². The predicted molar refractivity (Wildman–Crippen MR) is 94.2 cm³/mol. The van der Waals surface area contributed by atoms with Gasteiger partial charge in [0.15, 0.2) is 11.5 Å². The number of ether oxygens (including phenoxy) is 2. The number of methoxy groups -OCH3 is 1. The van der Waals surface area contributed by atoms with Gasteiger partial charge in [0.05, 0.1) is 19.9 Å². The average Bonchev–Trinajstić information content (AvgIpc) is 3.06. The summed E-state index contributed by atoms with van der Waals surface area (Å²) in [5, 5.41) is 10.2. The Labute approximate surface area is 143 Å². The van der Waals surface area contributed by atoms with E-state index in [9.17, 15) is 5.11 Å². The van der Waals surface area contributed by atoms with E-state index in [4.69, 9.17) is 13.9 Å². The van der Waals surface area contributed by atoms with Gasteiger partial charge in [-0.3, -0.25) is 4.90 Å². The van der Waals surface area contributed by atoms with Crippen molar-refractivity contribution in [1.82, 2.24) is 4.90 Å². The van der Waals surface area contributed by atoms with Crippen LogP contribution in [0.2, 0.25) is 0 Å². The Hall–Kier alpha value is -2.24. The summed E-state index contributed by atoms with van der Waals surface area (Å²) in [6, 6.07) is 9.48. The van der Waals surface area contributed by atoms with Gasteiger partial charge in [0, 0.05) is 6.54 Å². The normalized spacial score (nSPS) is 12.7. The van der Waals surface area contributed by atoms with Gasteiger partial charge in [0.2, 0.25) is 0 Å². The third-order valence-corrected chi connectivity index (χ3v) is 3.51. The summed E-state index contributed by atoms with van der Waals surface area (Å²) in [6.07, 6.45) is 5.00. The maximum absolute atomic E-state index is 10.2. The average molecular weight is 331 g/mol. The Kier molecular flexibility index (Phi) is 6.90. The van der Waals surface area contributed by atoms with E-state index in [2.05, 4.69) is 0 Å². The SMILES string of the molecule is C/C=C/c1ccc(OCC(O)CN(C)Cc2ccco2)c(OC)c1. The summed E-state index contributed by atoms with van der Waals surface area (Å²) < 4.78 is 16.4. The van der Waals surface area contributed by atoms with E-state index in [1.807, 2.05) is 61.4 Å². The van der Waals surface area contributed by atoms with E-state index in [0.29, 0.717) is 24.6 Å². The maximum atomic E-state index is 10.2. The zero-order valence-electron chi connectivity index (χ0n) is 14.4. The van der Waals surface area contributed by atoms with Gasteiger partial charge >= 0.3 is 0 Å². The zero-order chi connectivity index (χ0) is 17.4. The van der Waals surface area contributed by atoms with E-state index in [-0.39, 0.29) is 6.61 Å². The Morgan fingerprint density at radius 2 is 2.12 bits per heavy atom. The molecular formula is C19H25NO4. The summed E-state index contributed by atoms with van der Waals surface area (Å²) in [6.45, 7) is 3.29. The van der Waals surface area contributed by atoms with E-state index in [1.165, 1.54) is 0 Å². The van der Waals surface area contributed by atoms with E-state index in [1.54, 1.807) is 13.4 Å². The lowest BCUT2D eigenvalue weighted by Crippen LogP contribution is -2.32. The first-order valence-electron chi connectivity index (χ1n) is 7.95. The molecule has 1 aromatic heterocycles. The molecule has 0 spiro atoms. The van der Waals surface area contributed by atoms with Crippen LogP contribution in [0, 0.1) is 0 Å². The summed E-state index contributed by atoms with van der Waals surface area (Å²) >= 11 is 0. The molecule has 0 aliphatic heterocycles. The molecule has 1 aromatic carbocycles. The van der Waals surface area contributed by atoms with Crippen molar-refractivity contribution in [3.8, 4) is 11.5 Å². The molecule has 130 valence electrons. The zero-order valence-corrected chi connectivity index (χ0v) is 14.4. The maximum Gasteiger partial charge on any atom is 0.161 e. The molecule has 0 aliphatic carbocycles. The van der Waals surface area contributed by atoms with Gasteiger partial charge in [0.1, 0.15) is 18.5 Å². The molecule has 2 aromatic rings. The van der Waals surface area contributed by atoms with Crippen LogP contribution in [-0.4, -0.2) is 43.4 Å². The molecule has 0 fully saturated rings.